The fraction of sp³-hybridized carbons (Fsp3) is 0.818. The number of rotatable bonds is 8. The van der Waals surface area contributed by atoms with Crippen molar-refractivity contribution in [2.75, 3.05) is 13.6 Å². The molecule has 1 atom stereocenters. The van der Waals surface area contributed by atoms with Crippen molar-refractivity contribution in [1.29, 1.82) is 0 Å². The summed E-state index contributed by atoms with van der Waals surface area (Å²) in [4.78, 5) is 21.9. The van der Waals surface area contributed by atoms with Crippen molar-refractivity contribution in [3.05, 3.63) is 0 Å². The summed E-state index contributed by atoms with van der Waals surface area (Å²) in [6.07, 6.45) is 3.42. The third-order valence-corrected chi connectivity index (χ3v) is 2.17. The molecule has 0 spiro atoms. The van der Waals surface area contributed by atoms with E-state index in [2.05, 4.69) is 10.6 Å². The molecule has 0 aliphatic carbocycles. The lowest BCUT2D eigenvalue weighted by Crippen LogP contribution is -2.34. The minimum atomic E-state index is -0.0603. The van der Waals surface area contributed by atoms with Gasteiger partial charge in [0, 0.05) is 19.4 Å². The highest BCUT2D eigenvalue weighted by atomic mass is 16.1. The second-order valence-electron chi connectivity index (χ2n) is 3.90. The van der Waals surface area contributed by atoms with E-state index in [1.807, 2.05) is 7.05 Å². The number of ketones is 1. The van der Waals surface area contributed by atoms with Gasteiger partial charge >= 0.3 is 0 Å². The normalized spacial score (nSPS) is 12.2. The molecule has 0 heterocycles. The minimum absolute atomic E-state index is 0.0110. The number of carbonyl (C=O) groups excluding carboxylic acids is 2. The van der Waals surface area contributed by atoms with Crippen LogP contribution in [0.4, 0.5) is 0 Å². The van der Waals surface area contributed by atoms with Crippen molar-refractivity contribution in [3.63, 3.8) is 0 Å². The van der Waals surface area contributed by atoms with Gasteiger partial charge in [-0.05, 0) is 33.4 Å². The predicted molar refractivity (Wildman–Crippen MR) is 60.7 cm³/mol. The van der Waals surface area contributed by atoms with E-state index in [1.54, 1.807) is 6.92 Å². The van der Waals surface area contributed by atoms with Crippen LogP contribution in [-0.4, -0.2) is 31.3 Å². The monoisotopic (exact) mass is 214 g/mol. The number of Topliss-reactive ketones (excluding diaryl/α,β-unsaturated/α-hetero) is 1. The Kier molecular flexibility index (Phi) is 7.91. The van der Waals surface area contributed by atoms with Gasteiger partial charge < -0.3 is 10.6 Å². The lowest BCUT2D eigenvalue weighted by atomic mass is 10.0. The van der Waals surface area contributed by atoms with Crippen LogP contribution in [0.5, 0.6) is 0 Å². The van der Waals surface area contributed by atoms with Crippen molar-refractivity contribution in [2.24, 2.45) is 0 Å². The van der Waals surface area contributed by atoms with E-state index >= 15 is 0 Å². The van der Waals surface area contributed by atoms with Crippen LogP contribution in [0.2, 0.25) is 0 Å². The van der Waals surface area contributed by atoms with Gasteiger partial charge in [-0.1, -0.05) is 6.42 Å². The van der Waals surface area contributed by atoms with E-state index in [0.717, 1.165) is 25.8 Å². The third-order valence-electron chi connectivity index (χ3n) is 2.17. The minimum Gasteiger partial charge on any atom is -0.353 e. The Hall–Kier alpha value is -0.900. The van der Waals surface area contributed by atoms with Gasteiger partial charge in [0.25, 0.3) is 0 Å². The molecule has 1 unspecified atom stereocenters. The van der Waals surface area contributed by atoms with Crippen LogP contribution < -0.4 is 10.6 Å². The van der Waals surface area contributed by atoms with Crippen LogP contribution in [0.1, 0.15) is 39.5 Å². The van der Waals surface area contributed by atoms with Crippen LogP contribution in [0, 0.1) is 0 Å². The summed E-state index contributed by atoms with van der Waals surface area (Å²) in [6, 6.07) is 0.0110. The lowest BCUT2D eigenvalue weighted by molar-refractivity contribution is -0.120. The first-order chi connectivity index (χ1) is 7.06. The quantitative estimate of drug-likeness (QED) is 0.589. The maximum absolute atomic E-state index is 11.0. The predicted octanol–water partition coefficient (Wildman–Crippen LogP) is 0.860. The fourth-order valence-corrected chi connectivity index (χ4v) is 1.55. The van der Waals surface area contributed by atoms with E-state index in [1.165, 1.54) is 6.92 Å². The smallest absolute Gasteiger partial charge is 0.217 e. The maximum Gasteiger partial charge on any atom is 0.217 e. The highest BCUT2D eigenvalue weighted by Crippen LogP contribution is 2.05. The van der Waals surface area contributed by atoms with Crippen molar-refractivity contribution >= 4 is 11.7 Å². The summed E-state index contributed by atoms with van der Waals surface area (Å²) in [7, 11) is 1.92. The summed E-state index contributed by atoms with van der Waals surface area (Å²) in [5.74, 6) is 0.0669. The van der Waals surface area contributed by atoms with E-state index < -0.39 is 0 Å². The molecule has 0 bridgehead atoms. The molecule has 4 nitrogen and oxygen atoms in total. The molecule has 0 fully saturated rings. The highest BCUT2D eigenvalue weighted by molar-refractivity contribution is 5.78. The Morgan fingerprint density at radius 2 is 1.87 bits per heavy atom. The molecule has 0 aliphatic rings. The molecule has 1 amide bonds. The molecule has 4 heteroatoms. The Balaban J connectivity index is 3.79. The summed E-state index contributed by atoms with van der Waals surface area (Å²) in [6.45, 7) is 4.02. The van der Waals surface area contributed by atoms with Crippen molar-refractivity contribution < 1.29 is 9.59 Å². The number of hydrogen-bond donors (Lipinski definition) is 2. The number of amides is 1. The van der Waals surface area contributed by atoms with Gasteiger partial charge in [-0.25, -0.2) is 0 Å². The molecule has 15 heavy (non-hydrogen) atoms. The van der Waals surface area contributed by atoms with E-state index in [4.69, 9.17) is 0 Å². The standard InChI is InChI=1S/C11H22N2O2/c1-9(14)8-11(13-10(2)15)6-4-5-7-12-3/h11-12H,4-8H2,1-3H3,(H,13,15). The molecule has 0 aromatic carbocycles. The van der Waals surface area contributed by atoms with Crippen molar-refractivity contribution in [3.8, 4) is 0 Å². The zero-order valence-corrected chi connectivity index (χ0v) is 9.93. The van der Waals surface area contributed by atoms with Crippen LogP contribution in [0.15, 0.2) is 0 Å². The topological polar surface area (TPSA) is 58.2 Å². The van der Waals surface area contributed by atoms with Gasteiger partial charge in [0.2, 0.25) is 5.91 Å². The zero-order valence-electron chi connectivity index (χ0n) is 9.93. The van der Waals surface area contributed by atoms with Crippen LogP contribution >= 0.6 is 0 Å². The average Bonchev–Trinajstić information content (AvgIpc) is 2.10. The second kappa shape index (κ2) is 8.41. The Morgan fingerprint density at radius 1 is 1.20 bits per heavy atom. The van der Waals surface area contributed by atoms with Gasteiger partial charge in [0.15, 0.2) is 0 Å². The maximum atomic E-state index is 11.0. The van der Waals surface area contributed by atoms with Crippen LogP contribution in [0.3, 0.4) is 0 Å². The molecule has 0 saturated carbocycles. The van der Waals surface area contributed by atoms with Crippen LogP contribution in [-0.2, 0) is 9.59 Å². The molecular formula is C11H22N2O2. The van der Waals surface area contributed by atoms with E-state index in [9.17, 15) is 9.59 Å². The van der Waals surface area contributed by atoms with Gasteiger partial charge in [-0.2, -0.15) is 0 Å². The summed E-state index contributed by atoms with van der Waals surface area (Å²) >= 11 is 0. The molecule has 0 aromatic heterocycles. The summed E-state index contributed by atoms with van der Waals surface area (Å²) in [5, 5.41) is 5.88. The van der Waals surface area contributed by atoms with E-state index in [0.29, 0.717) is 6.42 Å². The molecule has 88 valence electrons. The summed E-state index contributed by atoms with van der Waals surface area (Å²) in [5.41, 5.74) is 0. The van der Waals surface area contributed by atoms with Gasteiger partial charge in [-0.15, -0.1) is 0 Å². The summed E-state index contributed by atoms with van der Waals surface area (Å²) < 4.78 is 0. The van der Waals surface area contributed by atoms with Gasteiger partial charge in [-0.3, -0.25) is 9.59 Å². The largest absolute Gasteiger partial charge is 0.353 e. The van der Waals surface area contributed by atoms with Crippen molar-refractivity contribution in [2.45, 2.75) is 45.6 Å². The molecule has 0 radical (unpaired) electrons. The first kappa shape index (κ1) is 14.1. The molecule has 0 rings (SSSR count). The Bertz CT molecular complexity index is 189. The molecular weight excluding hydrogens is 192 g/mol. The fourth-order valence-electron chi connectivity index (χ4n) is 1.55. The Morgan fingerprint density at radius 3 is 2.33 bits per heavy atom. The number of hydrogen-bond acceptors (Lipinski definition) is 3. The first-order valence-electron chi connectivity index (χ1n) is 5.47. The average molecular weight is 214 g/mol. The zero-order chi connectivity index (χ0) is 11.7. The Labute approximate surface area is 91.8 Å². The van der Waals surface area contributed by atoms with Gasteiger partial charge in [0.05, 0.1) is 0 Å². The number of nitrogens with one attached hydrogen (secondary N) is 2. The number of carbonyl (C=O) groups is 2. The molecule has 0 aliphatic heterocycles. The molecule has 2 N–H and O–H groups in total. The lowest BCUT2D eigenvalue weighted by Gasteiger charge is -2.16. The molecule has 0 aromatic rings. The number of unbranched alkanes of at least 4 members (excludes halogenated alkanes) is 1. The van der Waals surface area contributed by atoms with Crippen LogP contribution in [0.25, 0.3) is 0 Å². The third kappa shape index (κ3) is 9.41. The van der Waals surface area contributed by atoms with Crippen molar-refractivity contribution in [1.82, 2.24) is 10.6 Å². The molecule has 0 saturated heterocycles. The first-order valence-corrected chi connectivity index (χ1v) is 5.47. The SMILES string of the molecule is CNCCCCC(CC(C)=O)NC(C)=O. The van der Waals surface area contributed by atoms with E-state index in [-0.39, 0.29) is 17.7 Å². The van der Waals surface area contributed by atoms with Gasteiger partial charge in [0.1, 0.15) is 5.78 Å². The second-order valence-corrected chi connectivity index (χ2v) is 3.90. The highest BCUT2D eigenvalue weighted by Gasteiger charge is 2.11.